The Labute approximate surface area is 130 Å². The summed E-state index contributed by atoms with van der Waals surface area (Å²) < 4.78 is 1.16. The molecule has 0 aliphatic carbocycles. The molecule has 2 aromatic carbocycles. The highest BCUT2D eigenvalue weighted by Crippen LogP contribution is 2.27. The van der Waals surface area contributed by atoms with E-state index in [1.54, 1.807) is 0 Å². The lowest BCUT2D eigenvalue weighted by Crippen LogP contribution is -2.18. The third-order valence-corrected chi connectivity index (χ3v) is 4.67. The molecule has 0 aromatic heterocycles. The topological polar surface area (TPSA) is 12.0 Å². The van der Waals surface area contributed by atoms with Crippen LogP contribution in [0.25, 0.3) is 0 Å². The quantitative estimate of drug-likeness (QED) is 0.750. The lowest BCUT2D eigenvalue weighted by atomic mass is 9.88. The fourth-order valence-electron chi connectivity index (χ4n) is 2.46. The van der Waals surface area contributed by atoms with E-state index in [0.717, 1.165) is 11.0 Å². The van der Waals surface area contributed by atoms with E-state index in [9.17, 15) is 0 Å². The van der Waals surface area contributed by atoms with Gasteiger partial charge >= 0.3 is 0 Å². The molecule has 0 aliphatic rings. The van der Waals surface area contributed by atoms with Gasteiger partial charge in [-0.25, -0.2) is 0 Å². The first-order valence-corrected chi connectivity index (χ1v) is 7.93. The summed E-state index contributed by atoms with van der Waals surface area (Å²) in [5.74, 6) is 1.13. The molecule has 1 nitrogen and oxygen atoms in total. The Morgan fingerprint density at radius 3 is 2.35 bits per heavy atom. The SMILES string of the molecule is Cc1c(Br)cccc1NCC(c1ccccc1)C(C)C. The maximum absolute atomic E-state index is 3.60. The van der Waals surface area contributed by atoms with E-state index in [-0.39, 0.29) is 0 Å². The van der Waals surface area contributed by atoms with Crippen LogP contribution < -0.4 is 5.32 Å². The molecule has 1 N–H and O–H groups in total. The van der Waals surface area contributed by atoms with Crippen molar-refractivity contribution in [1.82, 2.24) is 0 Å². The number of hydrogen-bond acceptors (Lipinski definition) is 1. The first kappa shape index (κ1) is 15.1. The van der Waals surface area contributed by atoms with Crippen LogP contribution in [0.2, 0.25) is 0 Å². The Morgan fingerprint density at radius 1 is 1.00 bits per heavy atom. The molecule has 0 spiro atoms. The second-order valence-electron chi connectivity index (χ2n) is 5.55. The molecule has 2 aromatic rings. The van der Waals surface area contributed by atoms with E-state index >= 15 is 0 Å². The van der Waals surface area contributed by atoms with Crippen molar-refractivity contribution in [3.63, 3.8) is 0 Å². The number of anilines is 1. The molecule has 0 radical (unpaired) electrons. The van der Waals surface area contributed by atoms with E-state index in [1.165, 1.54) is 16.8 Å². The Hall–Kier alpha value is -1.28. The van der Waals surface area contributed by atoms with Crippen molar-refractivity contribution in [1.29, 1.82) is 0 Å². The second kappa shape index (κ2) is 6.94. The van der Waals surface area contributed by atoms with Crippen LogP contribution in [0, 0.1) is 12.8 Å². The minimum absolute atomic E-state index is 0.523. The normalized spacial score (nSPS) is 12.4. The summed E-state index contributed by atoms with van der Waals surface area (Å²) in [7, 11) is 0. The Bertz CT molecular complexity index is 549. The number of hydrogen-bond donors (Lipinski definition) is 1. The molecule has 2 rings (SSSR count). The summed E-state index contributed by atoms with van der Waals surface area (Å²) in [6.07, 6.45) is 0. The maximum atomic E-state index is 3.60. The summed E-state index contributed by atoms with van der Waals surface area (Å²) in [4.78, 5) is 0. The first-order valence-electron chi connectivity index (χ1n) is 7.13. The summed E-state index contributed by atoms with van der Waals surface area (Å²) in [6.45, 7) is 7.67. The van der Waals surface area contributed by atoms with Crippen molar-refractivity contribution >= 4 is 21.6 Å². The van der Waals surface area contributed by atoms with Gasteiger partial charge in [0, 0.05) is 22.6 Å². The maximum Gasteiger partial charge on any atom is 0.0381 e. The molecule has 106 valence electrons. The van der Waals surface area contributed by atoms with Crippen LogP contribution in [-0.2, 0) is 0 Å². The summed E-state index contributed by atoms with van der Waals surface area (Å²) in [5.41, 5.74) is 3.88. The predicted molar refractivity (Wildman–Crippen MR) is 91.4 cm³/mol. The fourth-order valence-corrected chi connectivity index (χ4v) is 2.82. The average Bonchev–Trinajstić information content (AvgIpc) is 2.44. The number of benzene rings is 2. The van der Waals surface area contributed by atoms with Gasteiger partial charge in [0.15, 0.2) is 0 Å². The third kappa shape index (κ3) is 3.63. The third-order valence-electron chi connectivity index (χ3n) is 3.81. The number of nitrogens with one attached hydrogen (secondary N) is 1. The van der Waals surface area contributed by atoms with Gasteiger partial charge in [-0.15, -0.1) is 0 Å². The molecule has 1 unspecified atom stereocenters. The smallest absolute Gasteiger partial charge is 0.0381 e. The van der Waals surface area contributed by atoms with Gasteiger partial charge in [-0.2, -0.15) is 0 Å². The van der Waals surface area contributed by atoms with Gasteiger partial charge in [0.25, 0.3) is 0 Å². The molecule has 0 heterocycles. The highest BCUT2D eigenvalue weighted by Gasteiger charge is 2.15. The van der Waals surface area contributed by atoms with Crippen molar-refractivity contribution in [3.8, 4) is 0 Å². The highest BCUT2D eigenvalue weighted by atomic mass is 79.9. The highest BCUT2D eigenvalue weighted by molar-refractivity contribution is 9.10. The van der Waals surface area contributed by atoms with Crippen molar-refractivity contribution < 1.29 is 0 Å². The minimum atomic E-state index is 0.523. The predicted octanol–water partition coefficient (Wildman–Crippen LogP) is 5.61. The molecule has 20 heavy (non-hydrogen) atoms. The second-order valence-corrected chi connectivity index (χ2v) is 6.41. The molecule has 0 amide bonds. The van der Waals surface area contributed by atoms with Crippen LogP contribution >= 0.6 is 15.9 Å². The molecule has 0 fully saturated rings. The van der Waals surface area contributed by atoms with E-state index in [0.29, 0.717) is 11.8 Å². The standard InChI is InChI=1S/C18H22BrN/c1-13(2)16(15-8-5-4-6-9-15)12-20-18-11-7-10-17(19)14(18)3/h4-11,13,16,20H,12H2,1-3H3. The summed E-state index contributed by atoms with van der Waals surface area (Å²) >= 11 is 3.59. The Balaban J connectivity index is 2.12. The minimum Gasteiger partial charge on any atom is -0.384 e. The van der Waals surface area contributed by atoms with Gasteiger partial charge in [0.05, 0.1) is 0 Å². The lowest BCUT2D eigenvalue weighted by molar-refractivity contribution is 0.517. The Kier molecular flexibility index (Phi) is 5.24. The van der Waals surface area contributed by atoms with Crippen LogP contribution in [0.3, 0.4) is 0 Å². The van der Waals surface area contributed by atoms with E-state index < -0.39 is 0 Å². The van der Waals surface area contributed by atoms with Crippen LogP contribution in [0.1, 0.15) is 30.9 Å². The fraction of sp³-hybridized carbons (Fsp3) is 0.333. The van der Waals surface area contributed by atoms with Gasteiger partial charge in [-0.3, -0.25) is 0 Å². The zero-order valence-corrected chi connectivity index (χ0v) is 13.9. The van der Waals surface area contributed by atoms with Crippen molar-refractivity contribution in [3.05, 3.63) is 64.1 Å². The van der Waals surface area contributed by atoms with Gasteiger partial charge in [0.1, 0.15) is 0 Å². The van der Waals surface area contributed by atoms with E-state index in [1.807, 2.05) is 0 Å². The van der Waals surface area contributed by atoms with Gasteiger partial charge < -0.3 is 5.32 Å². The number of halogens is 1. The molecule has 1 atom stereocenters. The zero-order chi connectivity index (χ0) is 14.5. The van der Waals surface area contributed by atoms with Crippen LogP contribution in [-0.4, -0.2) is 6.54 Å². The van der Waals surface area contributed by atoms with Gasteiger partial charge in [-0.1, -0.05) is 66.2 Å². The van der Waals surface area contributed by atoms with Crippen molar-refractivity contribution in [2.45, 2.75) is 26.7 Å². The van der Waals surface area contributed by atoms with E-state index in [4.69, 9.17) is 0 Å². The largest absolute Gasteiger partial charge is 0.384 e. The molecular formula is C18H22BrN. The zero-order valence-electron chi connectivity index (χ0n) is 12.4. The van der Waals surface area contributed by atoms with Crippen molar-refractivity contribution in [2.75, 3.05) is 11.9 Å². The van der Waals surface area contributed by atoms with E-state index in [2.05, 4.69) is 90.5 Å². The van der Waals surface area contributed by atoms with Crippen LogP contribution in [0.4, 0.5) is 5.69 Å². The molecule has 0 saturated heterocycles. The molecule has 0 aliphatic heterocycles. The van der Waals surface area contributed by atoms with Gasteiger partial charge in [-0.05, 0) is 36.1 Å². The van der Waals surface area contributed by atoms with Gasteiger partial charge in [0.2, 0.25) is 0 Å². The van der Waals surface area contributed by atoms with Crippen molar-refractivity contribution in [2.24, 2.45) is 5.92 Å². The van der Waals surface area contributed by atoms with Crippen LogP contribution in [0.5, 0.6) is 0 Å². The molecule has 2 heteroatoms. The Morgan fingerprint density at radius 2 is 1.70 bits per heavy atom. The molecule has 0 saturated carbocycles. The summed E-state index contributed by atoms with van der Waals surface area (Å²) in [6, 6.07) is 17.1. The number of rotatable bonds is 5. The molecular weight excluding hydrogens is 310 g/mol. The average molecular weight is 332 g/mol. The molecule has 0 bridgehead atoms. The summed E-state index contributed by atoms with van der Waals surface area (Å²) in [5, 5.41) is 3.60. The first-order chi connectivity index (χ1) is 9.59. The lowest BCUT2D eigenvalue weighted by Gasteiger charge is -2.23. The van der Waals surface area contributed by atoms with Crippen LogP contribution in [0.15, 0.2) is 53.0 Å². The monoisotopic (exact) mass is 331 g/mol.